The summed E-state index contributed by atoms with van der Waals surface area (Å²) in [6, 6.07) is 2.56. The number of aromatic nitrogens is 1. The van der Waals surface area contributed by atoms with Crippen LogP contribution < -0.4 is 11.1 Å². The number of rotatable bonds is 7. The maximum atomic E-state index is 11.6. The van der Waals surface area contributed by atoms with Crippen LogP contribution in [0.5, 0.6) is 0 Å². The minimum absolute atomic E-state index is 0.175. The molecular formula is C12H17N3O3. The molecule has 1 rings (SSSR count). The fraction of sp³-hybridized carbons (Fsp3) is 0.417. The largest absolute Gasteiger partial charge is 0.480 e. The van der Waals surface area contributed by atoms with Crippen molar-refractivity contribution in [2.24, 2.45) is 5.73 Å². The minimum Gasteiger partial charge on any atom is -0.480 e. The van der Waals surface area contributed by atoms with E-state index in [1.54, 1.807) is 18.3 Å². The van der Waals surface area contributed by atoms with E-state index in [4.69, 9.17) is 10.8 Å². The van der Waals surface area contributed by atoms with Gasteiger partial charge in [-0.05, 0) is 31.4 Å². The van der Waals surface area contributed by atoms with Gasteiger partial charge in [0.1, 0.15) is 6.04 Å². The quantitative estimate of drug-likeness (QED) is 0.608. The van der Waals surface area contributed by atoms with E-state index < -0.39 is 12.0 Å². The molecule has 6 nitrogen and oxygen atoms in total. The molecule has 0 radical (unpaired) electrons. The van der Waals surface area contributed by atoms with Crippen molar-refractivity contribution in [2.45, 2.75) is 25.3 Å². The van der Waals surface area contributed by atoms with Crippen LogP contribution in [0, 0.1) is 0 Å². The molecule has 0 aliphatic heterocycles. The van der Waals surface area contributed by atoms with Crippen LogP contribution in [0.4, 0.5) is 0 Å². The second-order valence-corrected chi connectivity index (χ2v) is 3.94. The zero-order valence-corrected chi connectivity index (χ0v) is 10.0. The first-order valence-corrected chi connectivity index (χ1v) is 5.78. The second kappa shape index (κ2) is 7.39. The van der Waals surface area contributed by atoms with Crippen LogP contribution in [-0.4, -0.2) is 34.6 Å². The first-order chi connectivity index (χ1) is 8.61. The van der Waals surface area contributed by atoms with Gasteiger partial charge in [-0.1, -0.05) is 0 Å². The van der Waals surface area contributed by atoms with Crippen molar-refractivity contribution in [2.75, 3.05) is 6.54 Å². The fourth-order valence-electron chi connectivity index (χ4n) is 1.41. The maximum absolute atomic E-state index is 11.6. The first kappa shape index (κ1) is 14.1. The normalized spacial score (nSPS) is 11.8. The lowest BCUT2D eigenvalue weighted by Crippen LogP contribution is -2.30. The predicted molar refractivity (Wildman–Crippen MR) is 66.0 cm³/mol. The number of pyridine rings is 1. The van der Waals surface area contributed by atoms with Gasteiger partial charge < -0.3 is 16.2 Å². The van der Waals surface area contributed by atoms with Crippen LogP contribution in [-0.2, 0) is 4.79 Å². The molecular weight excluding hydrogens is 234 g/mol. The van der Waals surface area contributed by atoms with Gasteiger partial charge in [0, 0.05) is 18.9 Å². The Morgan fingerprint density at radius 1 is 1.44 bits per heavy atom. The molecule has 1 atom stereocenters. The Hall–Kier alpha value is -1.95. The molecule has 0 bridgehead atoms. The van der Waals surface area contributed by atoms with Crippen molar-refractivity contribution < 1.29 is 14.7 Å². The lowest BCUT2D eigenvalue weighted by atomic mass is 10.1. The Morgan fingerprint density at radius 2 is 2.22 bits per heavy atom. The summed E-state index contributed by atoms with van der Waals surface area (Å²) in [5.74, 6) is -1.17. The van der Waals surface area contributed by atoms with Crippen LogP contribution in [0.25, 0.3) is 0 Å². The van der Waals surface area contributed by atoms with Gasteiger partial charge in [-0.3, -0.25) is 14.6 Å². The van der Waals surface area contributed by atoms with Gasteiger partial charge in [-0.15, -0.1) is 0 Å². The number of amides is 1. The second-order valence-electron chi connectivity index (χ2n) is 3.94. The van der Waals surface area contributed by atoms with Crippen molar-refractivity contribution in [1.29, 1.82) is 0 Å². The Bertz CT molecular complexity index is 395. The molecule has 4 N–H and O–H groups in total. The zero-order valence-electron chi connectivity index (χ0n) is 10.0. The number of carbonyl (C=O) groups excluding carboxylic acids is 1. The number of carboxylic acid groups (broad SMARTS) is 1. The molecule has 1 heterocycles. The van der Waals surface area contributed by atoms with Crippen LogP contribution in [0.2, 0.25) is 0 Å². The molecule has 1 amide bonds. The number of carbonyl (C=O) groups is 2. The molecule has 18 heavy (non-hydrogen) atoms. The highest BCUT2D eigenvalue weighted by Crippen LogP contribution is 1.99. The van der Waals surface area contributed by atoms with Crippen LogP contribution >= 0.6 is 0 Å². The number of aliphatic carboxylic acids is 1. The summed E-state index contributed by atoms with van der Waals surface area (Å²) in [5.41, 5.74) is 5.87. The molecule has 0 spiro atoms. The highest BCUT2D eigenvalue weighted by atomic mass is 16.4. The third-order valence-electron chi connectivity index (χ3n) is 2.47. The summed E-state index contributed by atoms with van der Waals surface area (Å²) < 4.78 is 0. The van der Waals surface area contributed by atoms with E-state index in [2.05, 4.69) is 10.3 Å². The number of nitrogens with one attached hydrogen (secondary N) is 1. The number of hydrogen-bond donors (Lipinski definition) is 3. The molecule has 0 aromatic carbocycles. The van der Waals surface area contributed by atoms with E-state index in [0.29, 0.717) is 31.4 Å². The van der Waals surface area contributed by atoms with Gasteiger partial charge in [0.05, 0.1) is 5.56 Å². The first-order valence-electron chi connectivity index (χ1n) is 5.78. The SMILES string of the molecule is N[C@H](CCCCNC(=O)c1cccnc1)C(=O)O. The smallest absolute Gasteiger partial charge is 0.320 e. The van der Waals surface area contributed by atoms with Crippen LogP contribution in [0.15, 0.2) is 24.5 Å². The Balaban J connectivity index is 2.15. The molecule has 0 saturated heterocycles. The minimum atomic E-state index is -0.991. The number of carboxylic acids is 1. The van der Waals surface area contributed by atoms with Gasteiger partial charge in [0.2, 0.25) is 0 Å². The van der Waals surface area contributed by atoms with Crippen molar-refractivity contribution in [1.82, 2.24) is 10.3 Å². The monoisotopic (exact) mass is 251 g/mol. The number of hydrogen-bond acceptors (Lipinski definition) is 4. The predicted octanol–water partition coefficient (Wildman–Crippen LogP) is 0.394. The maximum Gasteiger partial charge on any atom is 0.320 e. The van der Waals surface area contributed by atoms with Crippen LogP contribution in [0.3, 0.4) is 0 Å². The fourth-order valence-corrected chi connectivity index (χ4v) is 1.41. The van der Waals surface area contributed by atoms with Gasteiger partial charge in [0.15, 0.2) is 0 Å². The van der Waals surface area contributed by atoms with Crippen LogP contribution in [0.1, 0.15) is 29.6 Å². The van der Waals surface area contributed by atoms with Gasteiger partial charge in [0.25, 0.3) is 5.91 Å². The van der Waals surface area contributed by atoms with E-state index in [1.165, 1.54) is 6.20 Å². The van der Waals surface area contributed by atoms with E-state index >= 15 is 0 Å². The lowest BCUT2D eigenvalue weighted by Gasteiger charge is -2.07. The summed E-state index contributed by atoms with van der Waals surface area (Å²) in [7, 11) is 0. The Kier molecular flexibility index (Phi) is 5.79. The average molecular weight is 251 g/mol. The van der Waals surface area contributed by atoms with Crippen molar-refractivity contribution in [3.63, 3.8) is 0 Å². The molecule has 6 heteroatoms. The number of nitrogens with zero attached hydrogens (tertiary/aromatic N) is 1. The number of nitrogens with two attached hydrogens (primary N) is 1. The Morgan fingerprint density at radius 3 is 2.83 bits per heavy atom. The van der Waals surface area contributed by atoms with E-state index in [9.17, 15) is 9.59 Å². The molecule has 98 valence electrons. The average Bonchev–Trinajstić information content (AvgIpc) is 2.38. The molecule has 0 unspecified atom stereocenters. The van der Waals surface area contributed by atoms with Gasteiger partial charge >= 0.3 is 5.97 Å². The molecule has 0 aliphatic rings. The highest BCUT2D eigenvalue weighted by Gasteiger charge is 2.10. The summed E-state index contributed by atoms with van der Waals surface area (Å²) in [6.45, 7) is 0.500. The molecule has 0 saturated carbocycles. The highest BCUT2D eigenvalue weighted by molar-refractivity contribution is 5.93. The topological polar surface area (TPSA) is 105 Å². The Labute approximate surface area is 105 Å². The van der Waals surface area contributed by atoms with Crippen molar-refractivity contribution in [3.8, 4) is 0 Å². The number of unbranched alkanes of at least 4 members (excludes halogenated alkanes) is 1. The molecule has 1 aromatic rings. The summed E-state index contributed by atoms with van der Waals surface area (Å²) >= 11 is 0. The molecule has 0 aliphatic carbocycles. The summed E-state index contributed by atoms with van der Waals surface area (Å²) in [6.07, 6.45) is 4.88. The summed E-state index contributed by atoms with van der Waals surface area (Å²) in [4.78, 5) is 25.9. The lowest BCUT2D eigenvalue weighted by molar-refractivity contribution is -0.138. The zero-order chi connectivity index (χ0) is 13.4. The van der Waals surface area contributed by atoms with E-state index in [0.717, 1.165) is 0 Å². The third-order valence-corrected chi connectivity index (χ3v) is 2.47. The van der Waals surface area contributed by atoms with Crippen molar-refractivity contribution >= 4 is 11.9 Å². The van der Waals surface area contributed by atoms with E-state index in [1.807, 2.05) is 0 Å². The molecule has 0 fully saturated rings. The molecule has 1 aromatic heterocycles. The third kappa shape index (κ3) is 4.92. The van der Waals surface area contributed by atoms with Gasteiger partial charge in [-0.2, -0.15) is 0 Å². The summed E-state index contributed by atoms with van der Waals surface area (Å²) in [5, 5.41) is 11.3. The standard InChI is InChI=1S/C12H17N3O3/c13-10(12(17)18)5-1-2-7-15-11(16)9-4-3-6-14-8-9/h3-4,6,8,10H,1-2,5,7,13H2,(H,15,16)(H,17,18)/t10-/m1/s1. The van der Waals surface area contributed by atoms with Gasteiger partial charge in [-0.25, -0.2) is 0 Å². The van der Waals surface area contributed by atoms with E-state index in [-0.39, 0.29) is 5.91 Å². The van der Waals surface area contributed by atoms with Crippen molar-refractivity contribution in [3.05, 3.63) is 30.1 Å².